The zero-order chi connectivity index (χ0) is 11.4. The second-order valence-corrected chi connectivity index (χ2v) is 4.35. The number of hydrogen-bond donors (Lipinski definition) is 0. The lowest BCUT2D eigenvalue weighted by Crippen LogP contribution is -2.06. The first-order valence-electron chi connectivity index (χ1n) is 4.87. The lowest BCUT2D eigenvalue weighted by Gasteiger charge is -2.03. The fraction of sp³-hybridized carbons (Fsp3) is 0.700. The molecule has 0 bridgehead atoms. The molecule has 0 radical (unpaired) electrons. The van der Waals surface area contributed by atoms with E-state index in [1.165, 1.54) is 6.08 Å². The Balaban J connectivity index is 2.52. The van der Waals surface area contributed by atoms with Crippen molar-refractivity contribution in [2.45, 2.75) is 32.1 Å². The quantitative estimate of drug-likeness (QED) is 0.588. The summed E-state index contributed by atoms with van der Waals surface area (Å²) in [5.74, 6) is -0.719. The Morgan fingerprint density at radius 1 is 1.47 bits per heavy atom. The van der Waals surface area contributed by atoms with Gasteiger partial charge in [0.2, 0.25) is 0 Å². The molecule has 0 heterocycles. The molecule has 0 aliphatic heterocycles. The number of rotatable bonds is 3. The van der Waals surface area contributed by atoms with Crippen molar-refractivity contribution in [1.29, 1.82) is 0 Å². The van der Waals surface area contributed by atoms with Gasteiger partial charge in [0.05, 0.1) is 11.1 Å². The van der Waals surface area contributed by atoms with E-state index in [1.54, 1.807) is 6.92 Å². The Morgan fingerprint density at radius 2 is 2.00 bits per heavy atom. The van der Waals surface area contributed by atoms with E-state index in [2.05, 4.69) is 15.9 Å². The van der Waals surface area contributed by atoms with Gasteiger partial charge in [0.1, 0.15) is 12.3 Å². The van der Waals surface area contributed by atoms with Crippen molar-refractivity contribution >= 4 is 21.9 Å². The van der Waals surface area contributed by atoms with Crippen molar-refractivity contribution in [2.75, 3.05) is 6.61 Å². The van der Waals surface area contributed by atoms with E-state index in [1.807, 2.05) is 0 Å². The Bertz CT molecular complexity index is 258. The van der Waals surface area contributed by atoms with Crippen LogP contribution in [0.5, 0.6) is 0 Å². The van der Waals surface area contributed by atoms with Crippen LogP contribution in [0.25, 0.3) is 0 Å². The van der Waals surface area contributed by atoms with E-state index < -0.39 is 18.3 Å². The highest BCUT2D eigenvalue weighted by atomic mass is 79.9. The third-order valence-corrected chi connectivity index (χ3v) is 2.89. The summed E-state index contributed by atoms with van der Waals surface area (Å²) in [7, 11) is 0. The number of ether oxygens (including phenoxy) is 1. The molecule has 5 heteroatoms. The fourth-order valence-corrected chi connectivity index (χ4v) is 2.07. The third-order valence-electron chi connectivity index (χ3n) is 2.30. The zero-order valence-electron chi connectivity index (χ0n) is 8.38. The average molecular weight is 283 g/mol. The van der Waals surface area contributed by atoms with Gasteiger partial charge in [-0.2, -0.15) is 0 Å². The molecule has 86 valence electrons. The van der Waals surface area contributed by atoms with Crippen molar-refractivity contribution in [2.24, 2.45) is 5.92 Å². The number of alkyl halides is 2. The summed E-state index contributed by atoms with van der Waals surface area (Å²) in [6.45, 7) is 1.98. The molecule has 3 atom stereocenters. The van der Waals surface area contributed by atoms with Gasteiger partial charge in [-0.1, -0.05) is 6.08 Å². The highest BCUT2D eigenvalue weighted by Gasteiger charge is 2.33. The molecule has 2 nitrogen and oxygen atoms in total. The van der Waals surface area contributed by atoms with Crippen LogP contribution in [-0.2, 0) is 9.53 Å². The molecule has 1 unspecified atom stereocenters. The summed E-state index contributed by atoms with van der Waals surface area (Å²) in [6.07, 6.45) is -1.02. The summed E-state index contributed by atoms with van der Waals surface area (Å²) < 4.78 is 30.6. The highest BCUT2D eigenvalue weighted by Crippen LogP contribution is 2.33. The Kier molecular flexibility index (Phi) is 4.70. The molecular weight excluding hydrogens is 270 g/mol. The molecule has 15 heavy (non-hydrogen) atoms. The third kappa shape index (κ3) is 3.55. The molecule has 1 fully saturated rings. The summed E-state index contributed by atoms with van der Waals surface area (Å²) >= 11 is 3.04. The molecule has 0 amide bonds. The van der Waals surface area contributed by atoms with Crippen LogP contribution in [-0.4, -0.2) is 24.9 Å². The first-order chi connectivity index (χ1) is 7.04. The van der Waals surface area contributed by atoms with Crippen LogP contribution >= 0.6 is 15.9 Å². The summed E-state index contributed by atoms with van der Waals surface area (Å²) in [4.78, 5) is 11.2. The smallest absolute Gasteiger partial charge is 0.344 e. The van der Waals surface area contributed by atoms with Crippen molar-refractivity contribution in [3.05, 3.63) is 10.6 Å². The van der Waals surface area contributed by atoms with Gasteiger partial charge in [0.15, 0.2) is 0 Å². The lowest BCUT2D eigenvalue weighted by atomic mass is 10.1. The maximum Gasteiger partial charge on any atom is 0.344 e. The van der Waals surface area contributed by atoms with Gasteiger partial charge in [-0.15, -0.1) is 0 Å². The van der Waals surface area contributed by atoms with Gasteiger partial charge in [-0.25, -0.2) is 13.6 Å². The molecule has 0 spiro atoms. The highest BCUT2D eigenvalue weighted by molar-refractivity contribution is 9.12. The maximum atomic E-state index is 12.8. The number of allylic oxidation sites excluding steroid dienone is 1. The maximum absolute atomic E-state index is 12.8. The van der Waals surface area contributed by atoms with E-state index >= 15 is 0 Å². The second kappa shape index (κ2) is 5.58. The molecule has 1 rings (SSSR count). The average Bonchev–Trinajstić information content (AvgIpc) is 2.46. The van der Waals surface area contributed by atoms with E-state index in [-0.39, 0.29) is 29.8 Å². The fourth-order valence-electron chi connectivity index (χ4n) is 1.58. The van der Waals surface area contributed by atoms with E-state index in [0.29, 0.717) is 0 Å². The topological polar surface area (TPSA) is 26.3 Å². The van der Waals surface area contributed by atoms with Gasteiger partial charge in [-0.05, 0) is 41.6 Å². The molecule has 0 aromatic rings. The minimum Gasteiger partial charge on any atom is -0.462 e. The van der Waals surface area contributed by atoms with Crippen LogP contribution in [0.15, 0.2) is 10.6 Å². The Morgan fingerprint density at radius 3 is 2.47 bits per heavy atom. The van der Waals surface area contributed by atoms with E-state index in [0.717, 1.165) is 0 Å². The van der Waals surface area contributed by atoms with Crippen molar-refractivity contribution < 1.29 is 18.3 Å². The predicted octanol–water partition coefficient (Wildman–Crippen LogP) is 2.91. The van der Waals surface area contributed by atoms with Gasteiger partial charge in [0, 0.05) is 0 Å². The van der Waals surface area contributed by atoms with E-state index in [9.17, 15) is 13.6 Å². The van der Waals surface area contributed by atoms with Crippen molar-refractivity contribution in [3.8, 4) is 0 Å². The summed E-state index contributed by atoms with van der Waals surface area (Å²) in [5.41, 5.74) is 0. The largest absolute Gasteiger partial charge is 0.462 e. The van der Waals surface area contributed by atoms with Gasteiger partial charge in [-0.3, -0.25) is 0 Å². The molecule has 1 aliphatic rings. The number of carbonyl (C=O) groups excluding carboxylic acids is 1. The SMILES string of the molecule is CCOC(=O)/C(Br)=C/C1C[C@@H](F)[C@@H](F)C1. The van der Waals surface area contributed by atoms with Crippen molar-refractivity contribution in [1.82, 2.24) is 0 Å². The number of esters is 1. The van der Waals surface area contributed by atoms with Gasteiger partial charge in [0.25, 0.3) is 0 Å². The van der Waals surface area contributed by atoms with Crippen molar-refractivity contribution in [3.63, 3.8) is 0 Å². The first kappa shape index (κ1) is 12.6. The lowest BCUT2D eigenvalue weighted by molar-refractivity contribution is -0.137. The zero-order valence-corrected chi connectivity index (χ0v) is 9.97. The van der Waals surface area contributed by atoms with Gasteiger partial charge >= 0.3 is 5.97 Å². The van der Waals surface area contributed by atoms with Crippen LogP contribution in [0.2, 0.25) is 0 Å². The number of halogens is 3. The van der Waals surface area contributed by atoms with Crippen LogP contribution in [0.1, 0.15) is 19.8 Å². The molecular formula is C10H13BrF2O2. The van der Waals surface area contributed by atoms with Crippen LogP contribution in [0.4, 0.5) is 8.78 Å². The normalized spacial score (nSPS) is 31.7. The molecule has 0 saturated heterocycles. The molecule has 1 saturated carbocycles. The number of carbonyl (C=O) groups is 1. The summed E-state index contributed by atoms with van der Waals surface area (Å²) in [5, 5.41) is 0. The molecule has 0 aromatic carbocycles. The van der Waals surface area contributed by atoms with Crippen LogP contribution in [0, 0.1) is 5.92 Å². The predicted molar refractivity (Wildman–Crippen MR) is 56.2 cm³/mol. The molecule has 1 aliphatic carbocycles. The molecule has 0 N–H and O–H groups in total. The summed E-state index contributed by atoms with van der Waals surface area (Å²) in [6, 6.07) is 0. The van der Waals surface area contributed by atoms with E-state index in [4.69, 9.17) is 4.74 Å². The Hall–Kier alpha value is -0.450. The monoisotopic (exact) mass is 282 g/mol. The standard InChI is InChI=1S/C10H13BrF2O2/c1-2-15-10(14)7(11)3-6-4-8(12)9(13)5-6/h3,6,8-9H,2,4-5H2,1H3/b7-3-/t6?,8-,9+. The first-order valence-corrected chi connectivity index (χ1v) is 5.66. The number of hydrogen-bond acceptors (Lipinski definition) is 2. The molecule has 0 aromatic heterocycles. The van der Waals surface area contributed by atoms with Gasteiger partial charge < -0.3 is 4.74 Å². The van der Waals surface area contributed by atoms with Crippen LogP contribution in [0.3, 0.4) is 0 Å². The second-order valence-electron chi connectivity index (χ2n) is 3.50. The minimum absolute atomic E-state index is 0.135. The minimum atomic E-state index is -1.41. The Labute approximate surface area is 95.8 Å². The van der Waals surface area contributed by atoms with Crippen LogP contribution < -0.4 is 0 Å².